The standard InChI is InChI=1S/C12H17N3O3/c1-3-4-7-15(12(17)18)11(16)14-10-6-5-9(2)8-13-10/h5-6,8H,3-4,7H2,1-2H3,(H,17,18)(H,13,14,16). The molecule has 6 nitrogen and oxygen atoms in total. The van der Waals surface area contributed by atoms with Crippen molar-refractivity contribution in [1.29, 1.82) is 0 Å². The summed E-state index contributed by atoms with van der Waals surface area (Å²) in [5, 5.41) is 11.4. The van der Waals surface area contributed by atoms with Gasteiger partial charge in [0.1, 0.15) is 5.82 Å². The number of carboxylic acid groups (broad SMARTS) is 1. The number of anilines is 1. The molecule has 0 bridgehead atoms. The molecule has 3 amide bonds. The van der Waals surface area contributed by atoms with Gasteiger partial charge in [-0.25, -0.2) is 19.5 Å². The molecule has 18 heavy (non-hydrogen) atoms. The van der Waals surface area contributed by atoms with Crippen LogP contribution in [0.15, 0.2) is 18.3 Å². The lowest BCUT2D eigenvalue weighted by atomic mass is 10.3. The lowest BCUT2D eigenvalue weighted by Gasteiger charge is -2.17. The quantitative estimate of drug-likeness (QED) is 0.861. The number of hydrogen-bond donors (Lipinski definition) is 2. The van der Waals surface area contributed by atoms with Crippen LogP contribution >= 0.6 is 0 Å². The number of nitrogens with zero attached hydrogens (tertiary/aromatic N) is 2. The third kappa shape index (κ3) is 4.04. The molecule has 0 aliphatic rings. The van der Waals surface area contributed by atoms with Crippen LogP contribution in [0, 0.1) is 6.92 Å². The van der Waals surface area contributed by atoms with Crippen LogP contribution < -0.4 is 5.32 Å². The Morgan fingerprint density at radius 2 is 2.17 bits per heavy atom. The molecule has 0 radical (unpaired) electrons. The number of amides is 3. The number of carbonyl (C=O) groups excluding carboxylic acids is 1. The molecule has 1 aromatic rings. The molecule has 1 rings (SSSR count). The van der Waals surface area contributed by atoms with E-state index >= 15 is 0 Å². The highest BCUT2D eigenvalue weighted by atomic mass is 16.4. The number of urea groups is 1. The highest BCUT2D eigenvalue weighted by molar-refractivity contribution is 5.97. The van der Waals surface area contributed by atoms with E-state index in [1.165, 1.54) is 0 Å². The van der Waals surface area contributed by atoms with Gasteiger partial charge in [-0.3, -0.25) is 5.32 Å². The van der Waals surface area contributed by atoms with Crippen LogP contribution in [-0.2, 0) is 0 Å². The molecule has 6 heteroatoms. The Labute approximate surface area is 106 Å². The van der Waals surface area contributed by atoms with Crippen molar-refractivity contribution in [2.75, 3.05) is 11.9 Å². The number of rotatable bonds is 4. The molecule has 98 valence electrons. The Kier molecular flexibility index (Phi) is 5.10. The molecule has 0 atom stereocenters. The van der Waals surface area contributed by atoms with Crippen molar-refractivity contribution in [2.24, 2.45) is 0 Å². The van der Waals surface area contributed by atoms with E-state index in [0.29, 0.717) is 12.2 Å². The first kappa shape index (κ1) is 14.0. The summed E-state index contributed by atoms with van der Waals surface area (Å²) in [5.41, 5.74) is 0.967. The fraction of sp³-hybridized carbons (Fsp3) is 0.417. The minimum absolute atomic E-state index is 0.184. The molecule has 0 spiro atoms. The summed E-state index contributed by atoms with van der Waals surface area (Å²) in [5.74, 6) is 0.341. The maximum absolute atomic E-state index is 11.7. The molecular formula is C12H17N3O3. The minimum atomic E-state index is -1.26. The maximum Gasteiger partial charge on any atom is 0.415 e. The topological polar surface area (TPSA) is 82.5 Å². The lowest BCUT2D eigenvalue weighted by Crippen LogP contribution is -2.39. The SMILES string of the molecule is CCCCN(C(=O)O)C(=O)Nc1ccc(C)cn1. The van der Waals surface area contributed by atoms with Crippen molar-refractivity contribution in [2.45, 2.75) is 26.7 Å². The third-order valence-electron chi connectivity index (χ3n) is 2.36. The number of aromatic nitrogens is 1. The first-order valence-corrected chi connectivity index (χ1v) is 5.78. The summed E-state index contributed by atoms with van der Waals surface area (Å²) in [4.78, 5) is 27.4. The number of carbonyl (C=O) groups is 2. The third-order valence-corrected chi connectivity index (χ3v) is 2.36. The molecule has 0 saturated carbocycles. The van der Waals surface area contributed by atoms with E-state index in [-0.39, 0.29) is 6.54 Å². The summed E-state index contributed by atoms with van der Waals surface area (Å²) in [7, 11) is 0. The van der Waals surface area contributed by atoms with Crippen molar-refractivity contribution in [3.8, 4) is 0 Å². The Balaban J connectivity index is 2.66. The summed E-state index contributed by atoms with van der Waals surface area (Å²) in [6.45, 7) is 3.99. The average Bonchev–Trinajstić information content (AvgIpc) is 2.32. The van der Waals surface area contributed by atoms with Crippen molar-refractivity contribution >= 4 is 17.9 Å². The predicted molar refractivity (Wildman–Crippen MR) is 67.6 cm³/mol. The molecule has 0 saturated heterocycles. The molecular weight excluding hydrogens is 234 g/mol. The van der Waals surface area contributed by atoms with Gasteiger partial charge in [0, 0.05) is 12.7 Å². The normalized spacial score (nSPS) is 9.89. The second-order valence-corrected chi connectivity index (χ2v) is 3.94. The first-order chi connectivity index (χ1) is 8.54. The van der Waals surface area contributed by atoms with E-state index in [1.807, 2.05) is 13.8 Å². The van der Waals surface area contributed by atoms with Crippen LogP contribution in [0.25, 0.3) is 0 Å². The zero-order chi connectivity index (χ0) is 13.5. The van der Waals surface area contributed by atoms with E-state index in [4.69, 9.17) is 5.11 Å². The van der Waals surface area contributed by atoms with E-state index in [0.717, 1.165) is 16.9 Å². The minimum Gasteiger partial charge on any atom is -0.465 e. The van der Waals surface area contributed by atoms with Crippen LogP contribution in [0.4, 0.5) is 15.4 Å². The Bertz CT molecular complexity index is 417. The molecule has 0 aromatic carbocycles. The molecule has 0 aliphatic carbocycles. The maximum atomic E-state index is 11.7. The van der Waals surface area contributed by atoms with E-state index in [2.05, 4.69) is 10.3 Å². The molecule has 0 unspecified atom stereocenters. The smallest absolute Gasteiger partial charge is 0.415 e. The lowest BCUT2D eigenvalue weighted by molar-refractivity contribution is 0.152. The largest absolute Gasteiger partial charge is 0.465 e. The van der Waals surface area contributed by atoms with Crippen molar-refractivity contribution in [3.63, 3.8) is 0 Å². The predicted octanol–water partition coefficient (Wildman–Crippen LogP) is 2.70. The summed E-state index contributed by atoms with van der Waals surface area (Å²) >= 11 is 0. The zero-order valence-electron chi connectivity index (χ0n) is 10.5. The van der Waals surface area contributed by atoms with Crippen LogP contribution in [0.5, 0.6) is 0 Å². The number of pyridine rings is 1. The van der Waals surface area contributed by atoms with Gasteiger partial charge in [0.2, 0.25) is 0 Å². The number of nitrogens with one attached hydrogen (secondary N) is 1. The number of aryl methyl sites for hydroxylation is 1. The van der Waals surface area contributed by atoms with Crippen LogP contribution in [0.3, 0.4) is 0 Å². The van der Waals surface area contributed by atoms with E-state index in [1.54, 1.807) is 18.3 Å². The number of hydrogen-bond acceptors (Lipinski definition) is 3. The van der Waals surface area contributed by atoms with Gasteiger partial charge in [-0.15, -0.1) is 0 Å². The van der Waals surface area contributed by atoms with Gasteiger partial charge in [0.25, 0.3) is 0 Å². The van der Waals surface area contributed by atoms with Gasteiger partial charge in [0.05, 0.1) is 0 Å². The fourth-order valence-electron chi connectivity index (χ4n) is 1.32. The first-order valence-electron chi connectivity index (χ1n) is 5.78. The molecule has 1 aromatic heterocycles. The molecule has 2 N–H and O–H groups in total. The summed E-state index contributed by atoms with van der Waals surface area (Å²) < 4.78 is 0. The Hall–Kier alpha value is -2.11. The van der Waals surface area contributed by atoms with Gasteiger partial charge >= 0.3 is 12.1 Å². The monoisotopic (exact) mass is 251 g/mol. The van der Waals surface area contributed by atoms with Gasteiger partial charge in [-0.2, -0.15) is 0 Å². The number of unbranched alkanes of at least 4 members (excludes halogenated alkanes) is 1. The summed E-state index contributed by atoms with van der Waals surface area (Å²) in [6.07, 6.45) is 1.81. The van der Waals surface area contributed by atoms with Crippen molar-refractivity contribution in [3.05, 3.63) is 23.9 Å². The zero-order valence-corrected chi connectivity index (χ0v) is 10.5. The number of imide groups is 1. The fourth-order valence-corrected chi connectivity index (χ4v) is 1.32. The van der Waals surface area contributed by atoms with E-state index in [9.17, 15) is 9.59 Å². The van der Waals surface area contributed by atoms with Crippen LogP contribution in [-0.4, -0.2) is 33.7 Å². The van der Waals surface area contributed by atoms with Crippen LogP contribution in [0.1, 0.15) is 25.3 Å². The van der Waals surface area contributed by atoms with Crippen LogP contribution in [0.2, 0.25) is 0 Å². The highest BCUT2D eigenvalue weighted by Gasteiger charge is 2.20. The van der Waals surface area contributed by atoms with Crippen molar-refractivity contribution < 1.29 is 14.7 Å². The van der Waals surface area contributed by atoms with Gasteiger partial charge < -0.3 is 5.11 Å². The molecule has 1 heterocycles. The van der Waals surface area contributed by atoms with Gasteiger partial charge in [0.15, 0.2) is 0 Å². The average molecular weight is 251 g/mol. The van der Waals surface area contributed by atoms with E-state index < -0.39 is 12.1 Å². The summed E-state index contributed by atoms with van der Waals surface area (Å²) in [6, 6.07) is 2.75. The Morgan fingerprint density at radius 1 is 1.44 bits per heavy atom. The highest BCUT2D eigenvalue weighted by Crippen LogP contribution is 2.06. The second-order valence-electron chi connectivity index (χ2n) is 3.94. The van der Waals surface area contributed by atoms with Crippen molar-refractivity contribution in [1.82, 2.24) is 9.88 Å². The van der Waals surface area contributed by atoms with Gasteiger partial charge in [-0.1, -0.05) is 19.4 Å². The molecule has 0 fully saturated rings. The molecule has 0 aliphatic heterocycles. The van der Waals surface area contributed by atoms with Gasteiger partial charge in [-0.05, 0) is 25.0 Å². The Morgan fingerprint density at radius 3 is 2.67 bits per heavy atom. The second kappa shape index (κ2) is 6.58.